The van der Waals surface area contributed by atoms with Crippen molar-refractivity contribution in [2.45, 2.75) is 13.8 Å². The first kappa shape index (κ1) is 12.6. The van der Waals surface area contributed by atoms with Crippen molar-refractivity contribution in [1.82, 2.24) is 4.98 Å². The van der Waals surface area contributed by atoms with Crippen LogP contribution in [0.1, 0.15) is 11.1 Å². The highest BCUT2D eigenvalue weighted by Gasteiger charge is 2.09. The van der Waals surface area contributed by atoms with Gasteiger partial charge in [0.25, 0.3) is 0 Å². The fraction of sp³-hybridized carbons (Fsp3) is 0.133. The molecule has 2 N–H and O–H groups in total. The lowest BCUT2D eigenvalue weighted by molar-refractivity contribution is 1.38. The molecule has 0 saturated heterocycles. The number of hydrogen-bond acceptors (Lipinski definition) is 3. The number of nitrogens with two attached hydrogens (primary N) is 1. The number of hydrogen-bond donors (Lipinski definition) is 1. The highest BCUT2D eigenvalue weighted by Crippen LogP contribution is 2.34. The Morgan fingerprint density at radius 3 is 2.68 bits per heavy atom. The van der Waals surface area contributed by atoms with Gasteiger partial charge >= 0.3 is 0 Å². The van der Waals surface area contributed by atoms with Gasteiger partial charge in [-0.1, -0.05) is 12.1 Å². The van der Waals surface area contributed by atoms with Crippen LogP contribution in [0.2, 0.25) is 0 Å². The number of nitrogen functional groups attached to an aromatic ring is 1. The average Bonchev–Trinajstić information content (AvgIpc) is 2.76. The minimum absolute atomic E-state index is 0.740. The molecule has 2 aromatic carbocycles. The Hall–Kier alpha value is -1.39. The summed E-state index contributed by atoms with van der Waals surface area (Å²) < 4.78 is 2.15. The first-order valence-electron chi connectivity index (χ1n) is 5.98. The van der Waals surface area contributed by atoms with Crippen molar-refractivity contribution in [1.29, 1.82) is 0 Å². The molecule has 0 aliphatic carbocycles. The molecule has 0 aliphatic heterocycles. The molecule has 4 heteroatoms. The van der Waals surface area contributed by atoms with Crippen molar-refractivity contribution in [3.05, 3.63) is 45.9 Å². The zero-order chi connectivity index (χ0) is 13.6. The van der Waals surface area contributed by atoms with Gasteiger partial charge in [0.15, 0.2) is 0 Å². The Kier molecular flexibility index (Phi) is 3.07. The summed E-state index contributed by atoms with van der Waals surface area (Å²) in [6, 6.07) is 10.3. The fourth-order valence-corrected chi connectivity index (χ4v) is 3.56. The van der Waals surface area contributed by atoms with Crippen LogP contribution < -0.4 is 5.73 Å². The summed E-state index contributed by atoms with van der Waals surface area (Å²) in [7, 11) is 0. The zero-order valence-electron chi connectivity index (χ0n) is 10.7. The molecule has 19 heavy (non-hydrogen) atoms. The molecule has 96 valence electrons. The van der Waals surface area contributed by atoms with Crippen molar-refractivity contribution in [2.24, 2.45) is 0 Å². The number of halogens is 1. The van der Waals surface area contributed by atoms with Gasteiger partial charge in [0.2, 0.25) is 0 Å². The number of aromatic nitrogens is 1. The predicted molar refractivity (Wildman–Crippen MR) is 86.6 cm³/mol. The van der Waals surface area contributed by atoms with Gasteiger partial charge in [-0.25, -0.2) is 4.98 Å². The van der Waals surface area contributed by atoms with Gasteiger partial charge in [0.05, 0.1) is 10.2 Å². The number of benzene rings is 2. The summed E-state index contributed by atoms with van der Waals surface area (Å²) in [5, 5.41) is 1.02. The van der Waals surface area contributed by atoms with E-state index in [-0.39, 0.29) is 0 Å². The van der Waals surface area contributed by atoms with E-state index in [1.165, 1.54) is 15.8 Å². The van der Waals surface area contributed by atoms with Crippen LogP contribution in [0.4, 0.5) is 5.69 Å². The molecule has 3 aromatic rings. The Bertz CT molecular complexity index is 777. The molecule has 1 heterocycles. The standard InChI is InChI=1S/C15H13BrN2S/c1-8-5-9(2)14-13(6-8)19-15(18-14)10-3-4-11(16)12(17)7-10/h3-7H,17H2,1-2H3. The van der Waals surface area contributed by atoms with E-state index in [9.17, 15) is 0 Å². The van der Waals surface area contributed by atoms with Crippen LogP contribution in [-0.2, 0) is 0 Å². The van der Waals surface area contributed by atoms with Gasteiger partial charge in [0.1, 0.15) is 5.01 Å². The Morgan fingerprint density at radius 2 is 1.95 bits per heavy atom. The third-order valence-electron chi connectivity index (χ3n) is 3.07. The molecule has 0 spiro atoms. The maximum atomic E-state index is 5.94. The zero-order valence-corrected chi connectivity index (χ0v) is 13.1. The smallest absolute Gasteiger partial charge is 0.124 e. The first-order valence-corrected chi connectivity index (χ1v) is 7.59. The molecule has 0 unspecified atom stereocenters. The molecule has 3 rings (SSSR count). The molecule has 1 aromatic heterocycles. The van der Waals surface area contributed by atoms with Gasteiger partial charge in [-0.15, -0.1) is 11.3 Å². The van der Waals surface area contributed by atoms with Gasteiger partial charge in [0, 0.05) is 15.7 Å². The normalized spacial score (nSPS) is 11.1. The highest BCUT2D eigenvalue weighted by atomic mass is 79.9. The molecule has 0 saturated carbocycles. The summed E-state index contributed by atoms with van der Waals surface area (Å²) in [6.07, 6.45) is 0. The van der Waals surface area contributed by atoms with E-state index in [2.05, 4.69) is 41.9 Å². The van der Waals surface area contributed by atoms with E-state index < -0.39 is 0 Å². The van der Waals surface area contributed by atoms with Crippen molar-refractivity contribution in [3.63, 3.8) is 0 Å². The minimum atomic E-state index is 0.740. The van der Waals surface area contributed by atoms with Gasteiger partial charge < -0.3 is 5.73 Å². The van der Waals surface area contributed by atoms with Crippen LogP contribution in [0.3, 0.4) is 0 Å². The first-order chi connectivity index (χ1) is 9.04. The Morgan fingerprint density at radius 1 is 1.16 bits per heavy atom. The molecule has 0 aliphatic rings. The predicted octanol–water partition coefficient (Wildman–Crippen LogP) is 4.92. The Balaban J connectivity index is 2.20. The average molecular weight is 333 g/mol. The third-order valence-corrected chi connectivity index (χ3v) is 4.85. The summed E-state index contributed by atoms with van der Waals surface area (Å²) in [5.74, 6) is 0. The minimum Gasteiger partial charge on any atom is -0.398 e. The molecule has 0 bridgehead atoms. The van der Waals surface area contributed by atoms with Gasteiger partial charge in [-0.2, -0.15) is 0 Å². The van der Waals surface area contributed by atoms with Crippen molar-refractivity contribution >= 4 is 43.2 Å². The van der Waals surface area contributed by atoms with Crippen molar-refractivity contribution in [3.8, 4) is 10.6 Å². The molecular weight excluding hydrogens is 320 g/mol. The lowest BCUT2D eigenvalue weighted by Gasteiger charge is -2.00. The molecule has 0 radical (unpaired) electrons. The summed E-state index contributed by atoms with van der Waals surface area (Å²) in [4.78, 5) is 4.74. The number of anilines is 1. The number of fused-ring (bicyclic) bond motifs is 1. The lowest BCUT2D eigenvalue weighted by Crippen LogP contribution is -1.87. The number of thiazole rings is 1. The summed E-state index contributed by atoms with van der Waals surface area (Å²) in [6.45, 7) is 4.22. The van der Waals surface area contributed by atoms with Crippen LogP contribution in [0.25, 0.3) is 20.8 Å². The molecule has 0 fully saturated rings. The molecular formula is C15H13BrN2S. The van der Waals surface area contributed by atoms with E-state index in [4.69, 9.17) is 10.7 Å². The largest absolute Gasteiger partial charge is 0.398 e. The lowest BCUT2D eigenvalue weighted by atomic mass is 10.1. The van der Waals surface area contributed by atoms with E-state index >= 15 is 0 Å². The topological polar surface area (TPSA) is 38.9 Å². The monoisotopic (exact) mass is 332 g/mol. The third kappa shape index (κ3) is 2.26. The second kappa shape index (κ2) is 4.62. The highest BCUT2D eigenvalue weighted by molar-refractivity contribution is 9.10. The van der Waals surface area contributed by atoms with Crippen LogP contribution in [0, 0.1) is 13.8 Å². The van der Waals surface area contributed by atoms with E-state index in [0.717, 1.165) is 26.2 Å². The van der Waals surface area contributed by atoms with Crippen LogP contribution in [-0.4, -0.2) is 4.98 Å². The number of nitrogens with zero attached hydrogens (tertiary/aromatic N) is 1. The summed E-state index contributed by atoms with van der Waals surface area (Å²) in [5.41, 5.74) is 11.3. The van der Waals surface area contributed by atoms with Gasteiger partial charge in [-0.3, -0.25) is 0 Å². The SMILES string of the molecule is Cc1cc(C)c2nc(-c3ccc(Br)c(N)c3)sc2c1. The van der Waals surface area contributed by atoms with Crippen molar-refractivity contribution < 1.29 is 0 Å². The quantitative estimate of drug-likeness (QED) is 0.642. The van der Waals surface area contributed by atoms with Crippen LogP contribution in [0.5, 0.6) is 0 Å². The van der Waals surface area contributed by atoms with Gasteiger partial charge in [-0.05, 0) is 59.1 Å². The maximum absolute atomic E-state index is 5.94. The fourth-order valence-electron chi connectivity index (χ4n) is 2.17. The van der Waals surface area contributed by atoms with E-state index in [1.807, 2.05) is 18.2 Å². The second-order valence-electron chi connectivity index (χ2n) is 4.68. The van der Waals surface area contributed by atoms with Crippen LogP contribution >= 0.6 is 27.3 Å². The molecule has 0 amide bonds. The van der Waals surface area contributed by atoms with Crippen molar-refractivity contribution in [2.75, 3.05) is 5.73 Å². The molecule has 2 nitrogen and oxygen atoms in total. The van der Waals surface area contributed by atoms with E-state index in [1.54, 1.807) is 11.3 Å². The summed E-state index contributed by atoms with van der Waals surface area (Å²) >= 11 is 5.13. The second-order valence-corrected chi connectivity index (χ2v) is 6.57. The number of rotatable bonds is 1. The van der Waals surface area contributed by atoms with E-state index in [0.29, 0.717) is 0 Å². The van der Waals surface area contributed by atoms with Crippen LogP contribution in [0.15, 0.2) is 34.8 Å². The Labute approximate surface area is 124 Å². The molecule has 0 atom stereocenters. The number of aryl methyl sites for hydroxylation is 2. The maximum Gasteiger partial charge on any atom is 0.124 e.